The summed E-state index contributed by atoms with van der Waals surface area (Å²) in [6.45, 7) is -0.994. The normalized spacial score (nSPS) is 13.1. The lowest BCUT2D eigenvalue weighted by molar-refractivity contribution is -0.131. The molecular formula is C20H17F3O5. The van der Waals surface area contributed by atoms with Crippen molar-refractivity contribution in [2.45, 2.75) is 19.0 Å². The molecule has 5 nitrogen and oxygen atoms in total. The second-order valence-corrected chi connectivity index (χ2v) is 5.62. The summed E-state index contributed by atoms with van der Waals surface area (Å²) in [4.78, 5) is 22.6. The van der Waals surface area contributed by atoms with Gasteiger partial charge in [0, 0.05) is 12.5 Å². The van der Waals surface area contributed by atoms with Crippen LogP contribution in [0.4, 0.5) is 13.2 Å². The Balaban J connectivity index is 1.94. The van der Waals surface area contributed by atoms with E-state index in [1.165, 1.54) is 42.5 Å². The van der Waals surface area contributed by atoms with Crippen molar-refractivity contribution in [1.29, 1.82) is 0 Å². The molecule has 0 saturated carbocycles. The molecule has 0 aliphatic carbocycles. The highest BCUT2D eigenvalue weighted by Gasteiger charge is 2.22. The SMILES string of the molecule is O=C(O)/C=C/c1ccc(OC(=O)c2ccc(OC(F)C(F)CCF)cc2)cc1. The topological polar surface area (TPSA) is 72.8 Å². The molecule has 0 aliphatic rings. The smallest absolute Gasteiger partial charge is 0.343 e. The van der Waals surface area contributed by atoms with Crippen molar-refractivity contribution in [2.75, 3.05) is 6.67 Å². The number of hydrogen-bond acceptors (Lipinski definition) is 4. The summed E-state index contributed by atoms with van der Waals surface area (Å²) in [5, 5.41) is 8.57. The van der Waals surface area contributed by atoms with Gasteiger partial charge in [-0.3, -0.25) is 4.39 Å². The molecule has 148 valence electrons. The van der Waals surface area contributed by atoms with E-state index in [-0.39, 0.29) is 17.1 Å². The predicted octanol–water partition coefficient (Wildman–Crippen LogP) is 4.38. The maximum absolute atomic E-state index is 13.5. The summed E-state index contributed by atoms with van der Waals surface area (Å²) < 4.78 is 48.6. The number of carboxylic acid groups (broad SMARTS) is 1. The lowest BCUT2D eigenvalue weighted by Crippen LogP contribution is -2.24. The number of carbonyl (C=O) groups is 2. The second-order valence-electron chi connectivity index (χ2n) is 5.62. The first-order valence-electron chi connectivity index (χ1n) is 8.23. The first kappa shape index (κ1) is 21.0. The van der Waals surface area contributed by atoms with Crippen LogP contribution in [-0.2, 0) is 4.79 Å². The van der Waals surface area contributed by atoms with Gasteiger partial charge in [0.05, 0.1) is 12.2 Å². The Morgan fingerprint density at radius 1 is 1.00 bits per heavy atom. The van der Waals surface area contributed by atoms with Crippen molar-refractivity contribution < 1.29 is 37.3 Å². The van der Waals surface area contributed by atoms with Gasteiger partial charge in [0.25, 0.3) is 6.36 Å². The van der Waals surface area contributed by atoms with E-state index in [4.69, 9.17) is 14.6 Å². The molecule has 0 aromatic heterocycles. The Hall–Kier alpha value is -3.29. The van der Waals surface area contributed by atoms with Crippen molar-refractivity contribution in [3.63, 3.8) is 0 Å². The zero-order chi connectivity index (χ0) is 20.5. The Kier molecular flexibility index (Phi) is 7.62. The maximum atomic E-state index is 13.5. The van der Waals surface area contributed by atoms with Gasteiger partial charge in [-0.2, -0.15) is 4.39 Å². The minimum absolute atomic E-state index is 0.0138. The summed E-state index contributed by atoms with van der Waals surface area (Å²) in [7, 11) is 0. The minimum Gasteiger partial charge on any atom is -0.478 e. The average molecular weight is 394 g/mol. The molecule has 8 heteroatoms. The van der Waals surface area contributed by atoms with E-state index in [1.807, 2.05) is 0 Å². The van der Waals surface area contributed by atoms with Gasteiger partial charge < -0.3 is 14.6 Å². The van der Waals surface area contributed by atoms with E-state index in [0.717, 1.165) is 6.08 Å². The highest BCUT2D eigenvalue weighted by Crippen LogP contribution is 2.20. The van der Waals surface area contributed by atoms with Crippen molar-refractivity contribution in [2.24, 2.45) is 0 Å². The Morgan fingerprint density at radius 2 is 1.61 bits per heavy atom. The fourth-order valence-corrected chi connectivity index (χ4v) is 2.09. The maximum Gasteiger partial charge on any atom is 0.343 e. The molecule has 0 bridgehead atoms. The van der Waals surface area contributed by atoms with Crippen molar-refractivity contribution >= 4 is 18.0 Å². The van der Waals surface area contributed by atoms with Crippen LogP contribution < -0.4 is 9.47 Å². The van der Waals surface area contributed by atoms with E-state index in [0.29, 0.717) is 5.56 Å². The fourth-order valence-electron chi connectivity index (χ4n) is 2.09. The highest BCUT2D eigenvalue weighted by atomic mass is 19.2. The van der Waals surface area contributed by atoms with Crippen LogP contribution in [0.5, 0.6) is 11.5 Å². The summed E-state index contributed by atoms with van der Waals surface area (Å²) >= 11 is 0. The molecule has 0 spiro atoms. The fraction of sp³-hybridized carbons (Fsp3) is 0.200. The van der Waals surface area contributed by atoms with Gasteiger partial charge in [-0.1, -0.05) is 12.1 Å². The highest BCUT2D eigenvalue weighted by molar-refractivity contribution is 5.91. The third-order valence-electron chi connectivity index (χ3n) is 3.52. The number of benzene rings is 2. The van der Waals surface area contributed by atoms with Crippen LogP contribution >= 0.6 is 0 Å². The lowest BCUT2D eigenvalue weighted by atomic mass is 10.2. The van der Waals surface area contributed by atoms with Crippen molar-refractivity contribution in [3.05, 3.63) is 65.7 Å². The molecule has 0 aliphatic heterocycles. The van der Waals surface area contributed by atoms with Gasteiger partial charge in [-0.25, -0.2) is 14.0 Å². The summed E-state index contributed by atoms with van der Waals surface area (Å²) in [5.74, 6) is -1.53. The van der Waals surface area contributed by atoms with E-state index >= 15 is 0 Å². The molecule has 0 radical (unpaired) electrons. The van der Waals surface area contributed by atoms with Gasteiger partial charge in [-0.15, -0.1) is 0 Å². The summed E-state index contributed by atoms with van der Waals surface area (Å²) in [6, 6.07) is 11.3. The van der Waals surface area contributed by atoms with Crippen molar-refractivity contribution in [1.82, 2.24) is 0 Å². The number of carboxylic acids is 1. The van der Waals surface area contributed by atoms with Crippen LogP contribution in [0.25, 0.3) is 6.08 Å². The van der Waals surface area contributed by atoms with Crippen LogP contribution in [0, 0.1) is 0 Å². The Labute approximate surface area is 159 Å². The third kappa shape index (κ3) is 6.46. The van der Waals surface area contributed by atoms with E-state index in [1.54, 1.807) is 12.1 Å². The number of carbonyl (C=O) groups excluding carboxylic acids is 1. The minimum atomic E-state index is -2.30. The number of rotatable bonds is 9. The van der Waals surface area contributed by atoms with E-state index in [9.17, 15) is 22.8 Å². The third-order valence-corrected chi connectivity index (χ3v) is 3.52. The zero-order valence-corrected chi connectivity index (χ0v) is 14.6. The molecule has 2 unspecified atom stereocenters. The van der Waals surface area contributed by atoms with E-state index < -0.39 is 37.6 Å². The molecule has 0 heterocycles. The Bertz CT molecular complexity index is 819. The van der Waals surface area contributed by atoms with Gasteiger partial charge in [-0.05, 0) is 48.0 Å². The van der Waals surface area contributed by atoms with E-state index in [2.05, 4.69) is 0 Å². The van der Waals surface area contributed by atoms with Gasteiger partial charge >= 0.3 is 11.9 Å². The molecule has 2 rings (SSSR count). The largest absolute Gasteiger partial charge is 0.478 e. The first-order chi connectivity index (χ1) is 13.4. The molecule has 0 fully saturated rings. The van der Waals surface area contributed by atoms with Crippen LogP contribution in [0.2, 0.25) is 0 Å². The summed E-state index contributed by atoms with van der Waals surface area (Å²) in [5.41, 5.74) is 0.765. The summed E-state index contributed by atoms with van der Waals surface area (Å²) in [6.07, 6.45) is -2.61. The van der Waals surface area contributed by atoms with Crippen LogP contribution in [0.3, 0.4) is 0 Å². The van der Waals surface area contributed by atoms with Crippen LogP contribution in [-0.4, -0.2) is 36.2 Å². The lowest BCUT2D eigenvalue weighted by Gasteiger charge is -2.14. The monoisotopic (exact) mass is 394 g/mol. The zero-order valence-electron chi connectivity index (χ0n) is 14.6. The second kappa shape index (κ2) is 10.1. The number of halogens is 3. The molecule has 2 atom stereocenters. The molecule has 1 N–H and O–H groups in total. The number of ether oxygens (including phenoxy) is 2. The Morgan fingerprint density at radius 3 is 2.18 bits per heavy atom. The molecule has 2 aromatic rings. The quantitative estimate of drug-likeness (QED) is 0.388. The average Bonchev–Trinajstić information content (AvgIpc) is 2.68. The van der Waals surface area contributed by atoms with Crippen LogP contribution in [0.15, 0.2) is 54.6 Å². The molecule has 0 amide bonds. The molecule has 2 aromatic carbocycles. The molecule has 0 saturated heterocycles. The number of aliphatic carboxylic acids is 1. The van der Waals surface area contributed by atoms with Gasteiger partial charge in [0.15, 0.2) is 6.17 Å². The van der Waals surface area contributed by atoms with Crippen LogP contribution in [0.1, 0.15) is 22.3 Å². The number of alkyl halides is 3. The predicted molar refractivity (Wildman–Crippen MR) is 95.5 cm³/mol. The molecular weight excluding hydrogens is 377 g/mol. The van der Waals surface area contributed by atoms with Gasteiger partial charge in [0.2, 0.25) is 0 Å². The number of hydrogen-bond donors (Lipinski definition) is 1. The first-order valence-corrected chi connectivity index (χ1v) is 8.23. The standard InChI is InChI=1S/C20H17F3O5/c21-12-11-17(22)19(23)27-15-8-4-14(5-9-15)20(26)28-16-6-1-13(2-7-16)3-10-18(24)25/h1-10,17,19H,11-12H2,(H,24,25)/b10-3+. The molecule has 28 heavy (non-hydrogen) atoms. The number of esters is 1. The van der Waals surface area contributed by atoms with Gasteiger partial charge in [0.1, 0.15) is 11.5 Å². The van der Waals surface area contributed by atoms with Crippen molar-refractivity contribution in [3.8, 4) is 11.5 Å².